The molecule has 4 atom stereocenters. The fourth-order valence-corrected chi connectivity index (χ4v) is 4.93. The highest BCUT2D eigenvalue weighted by atomic mass is 32.1. The third-order valence-electron chi connectivity index (χ3n) is 6.18. The van der Waals surface area contributed by atoms with Crippen LogP contribution in [0, 0.1) is 5.41 Å². The number of nitrogens with one attached hydrogen (secondary N) is 1. The molecule has 0 unspecified atom stereocenters. The van der Waals surface area contributed by atoms with Gasteiger partial charge in [0.1, 0.15) is 18.4 Å². The van der Waals surface area contributed by atoms with E-state index in [0.717, 1.165) is 27.4 Å². The van der Waals surface area contributed by atoms with Gasteiger partial charge in [-0.15, -0.1) is 11.3 Å². The number of carbonyl (C=O) groups excluding carboxylic acids is 2. The molecular formula is C23H30N4O4S. The molecule has 0 bridgehead atoms. The first-order chi connectivity index (χ1) is 15.1. The van der Waals surface area contributed by atoms with Crippen molar-refractivity contribution in [3.63, 3.8) is 0 Å². The lowest BCUT2D eigenvalue weighted by atomic mass is 9.86. The number of nitrogens with zero attached hydrogens (tertiary/aromatic N) is 2. The fourth-order valence-electron chi connectivity index (χ4n) is 4.10. The van der Waals surface area contributed by atoms with Gasteiger partial charge in [0.2, 0.25) is 11.8 Å². The second kappa shape index (κ2) is 8.46. The molecule has 2 aliphatic rings. The predicted octanol–water partition coefficient (Wildman–Crippen LogP) is 2.21. The number of nitrogens with two attached hydrogens (primary N) is 1. The average Bonchev–Trinajstić information content (AvgIpc) is 3.38. The van der Waals surface area contributed by atoms with Crippen molar-refractivity contribution < 1.29 is 19.4 Å². The van der Waals surface area contributed by atoms with Gasteiger partial charge in [-0.1, -0.05) is 26.8 Å². The Morgan fingerprint density at radius 2 is 2.12 bits per heavy atom. The zero-order valence-corrected chi connectivity index (χ0v) is 19.6. The second-order valence-electron chi connectivity index (χ2n) is 9.64. The molecule has 4 rings (SSSR count). The molecule has 2 aromatic rings. The van der Waals surface area contributed by atoms with Crippen molar-refractivity contribution in [2.75, 3.05) is 6.54 Å². The zero-order valence-electron chi connectivity index (χ0n) is 18.8. The number of hydrogen-bond donors (Lipinski definition) is 3. The molecule has 1 aromatic heterocycles. The Kier molecular flexibility index (Phi) is 6.00. The number of ether oxygens (including phenoxy) is 1. The number of β-amino-alcohol motifs (C(OH)–C–C–N with tert-alkyl or cyclic N) is 1. The van der Waals surface area contributed by atoms with Crippen LogP contribution in [0.5, 0.6) is 5.75 Å². The largest absolute Gasteiger partial charge is 0.487 e. The highest BCUT2D eigenvalue weighted by Gasteiger charge is 2.43. The van der Waals surface area contributed by atoms with Gasteiger partial charge in [-0.2, -0.15) is 0 Å². The summed E-state index contributed by atoms with van der Waals surface area (Å²) in [6.45, 7) is 8.07. The Morgan fingerprint density at radius 3 is 2.84 bits per heavy atom. The van der Waals surface area contributed by atoms with Crippen molar-refractivity contribution in [3.8, 4) is 16.2 Å². The molecule has 1 saturated heterocycles. The maximum Gasteiger partial charge on any atom is 0.243 e. The van der Waals surface area contributed by atoms with Crippen LogP contribution >= 0.6 is 11.3 Å². The molecule has 2 amide bonds. The van der Waals surface area contributed by atoms with Gasteiger partial charge in [0.25, 0.3) is 0 Å². The molecule has 0 spiro atoms. The molecule has 3 heterocycles. The van der Waals surface area contributed by atoms with Crippen LogP contribution in [-0.2, 0) is 16.2 Å². The SMILES string of the molecule is C[C@@H](NC(=O)[C@@H]1C[C@@H](O)CN1C(=O)[C@@H](N)C(C)(C)C)c1ccc2c(c1)OCc1ncsc1-2. The molecule has 0 saturated carbocycles. The van der Waals surface area contributed by atoms with E-state index in [4.69, 9.17) is 10.5 Å². The molecule has 4 N–H and O–H groups in total. The number of likely N-dealkylation sites (tertiary alicyclic amines) is 1. The van der Waals surface area contributed by atoms with Crippen LogP contribution in [0.2, 0.25) is 0 Å². The lowest BCUT2D eigenvalue weighted by Crippen LogP contribution is -2.55. The van der Waals surface area contributed by atoms with E-state index in [9.17, 15) is 14.7 Å². The van der Waals surface area contributed by atoms with Crippen LogP contribution in [-0.4, -0.2) is 51.5 Å². The smallest absolute Gasteiger partial charge is 0.243 e. The summed E-state index contributed by atoms with van der Waals surface area (Å²) in [5, 5.41) is 13.2. The number of aromatic nitrogens is 1. The van der Waals surface area contributed by atoms with Crippen molar-refractivity contribution in [1.29, 1.82) is 0 Å². The van der Waals surface area contributed by atoms with Gasteiger partial charge in [0, 0.05) is 18.5 Å². The monoisotopic (exact) mass is 458 g/mol. The Morgan fingerprint density at radius 1 is 1.38 bits per heavy atom. The number of thiazole rings is 1. The van der Waals surface area contributed by atoms with Crippen LogP contribution < -0.4 is 15.8 Å². The number of aliphatic hydroxyl groups is 1. The van der Waals surface area contributed by atoms with Gasteiger partial charge in [0.15, 0.2) is 0 Å². The number of aliphatic hydroxyl groups excluding tert-OH is 1. The van der Waals surface area contributed by atoms with Gasteiger partial charge in [0.05, 0.1) is 34.3 Å². The number of carbonyl (C=O) groups is 2. The summed E-state index contributed by atoms with van der Waals surface area (Å²) in [6, 6.07) is 4.08. The quantitative estimate of drug-likeness (QED) is 0.647. The molecule has 9 heteroatoms. The Bertz CT molecular complexity index is 1030. The first-order valence-corrected chi connectivity index (χ1v) is 11.7. The maximum absolute atomic E-state index is 13.1. The van der Waals surface area contributed by atoms with Gasteiger partial charge >= 0.3 is 0 Å². The minimum absolute atomic E-state index is 0.110. The Balaban J connectivity index is 1.48. The highest BCUT2D eigenvalue weighted by molar-refractivity contribution is 7.13. The molecular weight excluding hydrogens is 428 g/mol. The van der Waals surface area contributed by atoms with Crippen molar-refractivity contribution in [2.24, 2.45) is 11.1 Å². The molecule has 1 fully saturated rings. The number of hydrogen-bond acceptors (Lipinski definition) is 7. The number of rotatable bonds is 4. The van der Waals surface area contributed by atoms with E-state index in [1.807, 2.05) is 51.4 Å². The number of amides is 2. The van der Waals surface area contributed by atoms with Gasteiger partial charge in [-0.25, -0.2) is 4.98 Å². The lowest BCUT2D eigenvalue weighted by molar-refractivity contribution is -0.141. The van der Waals surface area contributed by atoms with Crippen LogP contribution in [0.25, 0.3) is 10.4 Å². The molecule has 8 nitrogen and oxygen atoms in total. The standard InChI is InChI=1S/C23H30N4O4S/c1-12(13-5-6-15-18(7-13)31-10-16-19(15)32-11-25-16)26-21(29)17-8-14(28)9-27(17)22(30)20(24)23(2,3)4/h5-7,11-12,14,17,20,28H,8-10,24H2,1-4H3,(H,26,29)/t12-,14-,17+,20-/m1/s1. The summed E-state index contributed by atoms with van der Waals surface area (Å²) in [5.74, 6) is 0.154. The lowest BCUT2D eigenvalue weighted by Gasteiger charge is -2.32. The summed E-state index contributed by atoms with van der Waals surface area (Å²) in [5.41, 5.74) is 10.4. The average molecular weight is 459 g/mol. The molecule has 0 aliphatic carbocycles. The first kappa shape index (κ1) is 22.7. The van der Waals surface area contributed by atoms with E-state index in [1.54, 1.807) is 11.3 Å². The summed E-state index contributed by atoms with van der Waals surface area (Å²) < 4.78 is 5.86. The van der Waals surface area contributed by atoms with Gasteiger partial charge in [-0.05, 0) is 30.0 Å². The van der Waals surface area contributed by atoms with Crippen molar-refractivity contribution in [3.05, 3.63) is 35.0 Å². The predicted molar refractivity (Wildman–Crippen MR) is 122 cm³/mol. The van der Waals surface area contributed by atoms with E-state index < -0.39 is 23.6 Å². The third-order valence-corrected chi connectivity index (χ3v) is 7.08. The topological polar surface area (TPSA) is 118 Å². The molecule has 32 heavy (non-hydrogen) atoms. The summed E-state index contributed by atoms with van der Waals surface area (Å²) in [4.78, 5) is 32.9. The van der Waals surface area contributed by atoms with Crippen LogP contribution in [0.4, 0.5) is 0 Å². The fraction of sp³-hybridized carbons (Fsp3) is 0.522. The number of benzene rings is 1. The molecule has 0 radical (unpaired) electrons. The van der Waals surface area contributed by atoms with Crippen molar-refractivity contribution in [1.82, 2.24) is 15.2 Å². The van der Waals surface area contributed by atoms with Crippen molar-refractivity contribution >= 4 is 23.2 Å². The molecule has 1 aromatic carbocycles. The van der Waals surface area contributed by atoms with Crippen LogP contribution in [0.1, 0.15) is 51.4 Å². The normalized spacial score (nSPS) is 21.9. The highest BCUT2D eigenvalue weighted by Crippen LogP contribution is 2.40. The summed E-state index contributed by atoms with van der Waals surface area (Å²) in [6.07, 6.45) is -0.550. The minimum atomic E-state index is -0.755. The van der Waals surface area contributed by atoms with E-state index in [1.165, 1.54) is 4.90 Å². The van der Waals surface area contributed by atoms with Crippen LogP contribution in [0.15, 0.2) is 23.7 Å². The van der Waals surface area contributed by atoms with E-state index in [0.29, 0.717) is 6.61 Å². The molecule has 2 aliphatic heterocycles. The number of fused-ring (bicyclic) bond motifs is 3. The van der Waals surface area contributed by atoms with E-state index in [-0.39, 0.29) is 30.8 Å². The minimum Gasteiger partial charge on any atom is -0.487 e. The van der Waals surface area contributed by atoms with E-state index >= 15 is 0 Å². The Labute approximate surface area is 191 Å². The Hall–Kier alpha value is -2.49. The van der Waals surface area contributed by atoms with Gasteiger partial charge < -0.3 is 25.8 Å². The zero-order chi connectivity index (χ0) is 23.2. The first-order valence-electron chi connectivity index (χ1n) is 10.8. The summed E-state index contributed by atoms with van der Waals surface area (Å²) in [7, 11) is 0. The van der Waals surface area contributed by atoms with Crippen LogP contribution in [0.3, 0.4) is 0 Å². The maximum atomic E-state index is 13.1. The third kappa shape index (κ3) is 4.24. The van der Waals surface area contributed by atoms with E-state index in [2.05, 4.69) is 10.3 Å². The van der Waals surface area contributed by atoms with Gasteiger partial charge in [-0.3, -0.25) is 9.59 Å². The summed E-state index contributed by atoms with van der Waals surface area (Å²) >= 11 is 1.58. The second-order valence-corrected chi connectivity index (χ2v) is 10.5. The van der Waals surface area contributed by atoms with Crippen molar-refractivity contribution in [2.45, 2.75) is 65.0 Å². The molecule has 172 valence electrons.